The Balaban J connectivity index is 2.45. The Kier molecular flexibility index (Phi) is 5.65. The highest BCUT2D eigenvalue weighted by atomic mass is 79.9. The molecule has 0 saturated heterocycles. The lowest BCUT2D eigenvalue weighted by Crippen LogP contribution is -2.35. The van der Waals surface area contributed by atoms with Crippen LogP contribution in [0, 0.1) is 5.92 Å². The zero-order valence-corrected chi connectivity index (χ0v) is 11.7. The SMILES string of the molecule is CC(C)COC(=O)[C@@H](N)Cc1ccc(Br)cc1. The van der Waals surface area contributed by atoms with Crippen LogP contribution in [0.2, 0.25) is 0 Å². The summed E-state index contributed by atoms with van der Waals surface area (Å²) in [5.41, 5.74) is 6.82. The van der Waals surface area contributed by atoms with E-state index in [1.54, 1.807) is 0 Å². The molecule has 0 heterocycles. The van der Waals surface area contributed by atoms with Gasteiger partial charge < -0.3 is 10.5 Å². The van der Waals surface area contributed by atoms with Crippen molar-refractivity contribution in [3.8, 4) is 0 Å². The van der Waals surface area contributed by atoms with Crippen LogP contribution in [0.25, 0.3) is 0 Å². The van der Waals surface area contributed by atoms with Crippen molar-refractivity contribution in [3.63, 3.8) is 0 Å². The van der Waals surface area contributed by atoms with Crippen LogP contribution < -0.4 is 5.73 Å². The number of hydrogen-bond donors (Lipinski definition) is 1. The van der Waals surface area contributed by atoms with Gasteiger partial charge in [-0.15, -0.1) is 0 Å². The van der Waals surface area contributed by atoms with E-state index in [2.05, 4.69) is 15.9 Å². The second-order valence-corrected chi connectivity index (χ2v) is 5.38. The van der Waals surface area contributed by atoms with Crippen LogP contribution in [0.15, 0.2) is 28.7 Å². The first-order chi connectivity index (χ1) is 7.99. The third-order valence-electron chi connectivity index (χ3n) is 2.23. The maximum atomic E-state index is 11.6. The van der Waals surface area contributed by atoms with Crippen molar-refractivity contribution in [2.45, 2.75) is 26.3 Å². The Hall–Kier alpha value is -0.870. The lowest BCUT2D eigenvalue weighted by molar-refractivity contribution is -0.146. The van der Waals surface area contributed by atoms with Crippen LogP contribution in [0.5, 0.6) is 0 Å². The fourth-order valence-electron chi connectivity index (χ4n) is 1.31. The highest BCUT2D eigenvalue weighted by molar-refractivity contribution is 9.10. The maximum Gasteiger partial charge on any atom is 0.323 e. The van der Waals surface area contributed by atoms with Crippen LogP contribution in [-0.2, 0) is 16.0 Å². The standard InChI is InChI=1S/C13H18BrNO2/c1-9(2)8-17-13(16)12(15)7-10-3-5-11(14)6-4-10/h3-6,9,12H,7-8,15H2,1-2H3/t12-/m0/s1. The van der Waals surface area contributed by atoms with Crippen LogP contribution in [0.1, 0.15) is 19.4 Å². The first kappa shape index (κ1) is 14.2. The van der Waals surface area contributed by atoms with Crippen molar-refractivity contribution in [1.82, 2.24) is 0 Å². The molecule has 94 valence electrons. The van der Waals surface area contributed by atoms with E-state index in [0.29, 0.717) is 18.9 Å². The molecule has 0 bridgehead atoms. The number of carbonyl (C=O) groups is 1. The Labute approximate surface area is 110 Å². The van der Waals surface area contributed by atoms with Crippen molar-refractivity contribution < 1.29 is 9.53 Å². The predicted octanol–water partition coefficient (Wildman–Crippen LogP) is 2.52. The minimum absolute atomic E-state index is 0.332. The lowest BCUT2D eigenvalue weighted by Gasteiger charge is -2.13. The normalized spacial score (nSPS) is 12.5. The minimum Gasteiger partial charge on any atom is -0.464 e. The summed E-state index contributed by atoms with van der Waals surface area (Å²) in [6, 6.07) is 7.16. The zero-order valence-electron chi connectivity index (χ0n) is 10.2. The van der Waals surface area contributed by atoms with E-state index in [0.717, 1.165) is 10.0 Å². The molecule has 0 aliphatic rings. The van der Waals surface area contributed by atoms with Gasteiger partial charge in [-0.1, -0.05) is 41.9 Å². The second kappa shape index (κ2) is 6.77. The molecule has 0 aliphatic carbocycles. The fraction of sp³-hybridized carbons (Fsp3) is 0.462. The number of nitrogens with two attached hydrogens (primary N) is 1. The molecule has 0 aliphatic heterocycles. The molecule has 17 heavy (non-hydrogen) atoms. The van der Waals surface area contributed by atoms with Gasteiger partial charge in [0, 0.05) is 4.47 Å². The van der Waals surface area contributed by atoms with E-state index >= 15 is 0 Å². The smallest absolute Gasteiger partial charge is 0.323 e. The number of benzene rings is 1. The lowest BCUT2D eigenvalue weighted by atomic mass is 10.1. The van der Waals surface area contributed by atoms with Crippen molar-refractivity contribution in [2.75, 3.05) is 6.61 Å². The molecule has 1 aromatic rings. The monoisotopic (exact) mass is 299 g/mol. The molecular weight excluding hydrogens is 282 g/mol. The zero-order chi connectivity index (χ0) is 12.8. The van der Waals surface area contributed by atoms with Gasteiger partial charge in [0.25, 0.3) is 0 Å². The van der Waals surface area contributed by atoms with Gasteiger partial charge >= 0.3 is 5.97 Å². The average molecular weight is 300 g/mol. The molecule has 0 amide bonds. The molecule has 1 atom stereocenters. The highest BCUT2D eigenvalue weighted by Crippen LogP contribution is 2.12. The molecule has 3 nitrogen and oxygen atoms in total. The van der Waals surface area contributed by atoms with Gasteiger partial charge in [-0.05, 0) is 30.0 Å². The summed E-state index contributed by atoms with van der Waals surface area (Å²) in [5.74, 6) is 0.000416. The van der Waals surface area contributed by atoms with Gasteiger partial charge in [-0.3, -0.25) is 4.79 Å². The highest BCUT2D eigenvalue weighted by Gasteiger charge is 2.15. The quantitative estimate of drug-likeness (QED) is 0.850. The minimum atomic E-state index is -0.588. The number of rotatable bonds is 5. The first-order valence-corrected chi connectivity index (χ1v) is 6.45. The summed E-state index contributed by atoms with van der Waals surface area (Å²) < 4.78 is 6.10. The fourth-order valence-corrected chi connectivity index (χ4v) is 1.58. The third-order valence-corrected chi connectivity index (χ3v) is 2.76. The molecule has 1 rings (SSSR count). The topological polar surface area (TPSA) is 52.3 Å². The molecule has 0 aromatic heterocycles. The Morgan fingerprint density at radius 1 is 1.35 bits per heavy atom. The van der Waals surface area contributed by atoms with E-state index in [-0.39, 0.29) is 5.97 Å². The Morgan fingerprint density at radius 2 is 1.94 bits per heavy atom. The van der Waals surface area contributed by atoms with E-state index in [1.165, 1.54) is 0 Å². The first-order valence-electron chi connectivity index (χ1n) is 5.65. The predicted molar refractivity (Wildman–Crippen MR) is 71.6 cm³/mol. The van der Waals surface area contributed by atoms with Gasteiger partial charge in [0.1, 0.15) is 6.04 Å². The van der Waals surface area contributed by atoms with Crippen LogP contribution in [0.4, 0.5) is 0 Å². The van der Waals surface area contributed by atoms with E-state index < -0.39 is 6.04 Å². The second-order valence-electron chi connectivity index (χ2n) is 4.46. The number of carbonyl (C=O) groups excluding carboxylic acids is 1. The van der Waals surface area contributed by atoms with Gasteiger partial charge in [0.15, 0.2) is 0 Å². The Bertz CT molecular complexity index is 362. The summed E-state index contributed by atoms with van der Waals surface area (Å²) in [6.45, 7) is 4.41. The molecule has 4 heteroatoms. The molecule has 0 unspecified atom stereocenters. The number of ether oxygens (including phenoxy) is 1. The van der Waals surface area contributed by atoms with Crippen molar-refractivity contribution in [2.24, 2.45) is 11.7 Å². The average Bonchev–Trinajstić information content (AvgIpc) is 2.28. The summed E-state index contributed by atoms with van der Waals surface area (Å²) in [4.78, 5) is 11.6. The van der Waals surface area contributed by atoms with Crippen molar-refractivity contribution >= 4 is 21.9 Å². The summed E-state index contributed by atoms with van der Waals surface area (Å²) >= 11 is 3.36. The van der Waals surface area contributed by atoms with Crippen LogP contribution >= 0.6 is 15.9 Å². The van der Waals surface area contributed by atoms with E-state index in [1.807, 2.05) is 38.1 Å². The summed E-state index contributed by atoms with van der Waals surface area (Å²) in [5, 5.41) is 0. The Morgan fingerprint density at radius 3 is 2.47 bits per heavy atom. The number of esters is 1. The van der Waals surface area contributed by atoms with Gasteiger partial charge in [-0.25, -0.2) is 0 Å². The summed E-state index contributed by atoms with van der Waals surface area (Å²) in [6.07, 6.45) is 0.504. The summed E-state index contributed by atoms with van der Waals surface area (Å²) in [7, 11) is 0. The molecular formula is C13H18BrNO2. The van der Waals surface area contributed by atoms with Crippen molar-refractivity contribution in [3.05, 3.63) is 34.3 Å². The largest absolute Gasteiger partial charge is 0.464 e. The van der Waals surface area contributed by atoms with Crippen molar-refractivity contribution in [1.29, 1.82) is 0 Å². The van der Waals surface area contributed by atoms with E-state index in [9.17, 15) is 4.79 Å². The molecule has 0 radical (unpaired) electrons. The van der Waals surface area contributed by atoms with E-state index in [4.69, 9.17) is 10.5 Å². The molecule has 0 saturated carbocycles. The third kappa shape index (κ3) is 5.33. The number of hydrogen-bond acceptors (Lipinski definition) is 3. The molecule has 0 spiro atoms. The maximum absolute atomic E-state index is 11.6. The van der Waals surface area contributed by atoms with Gasteiger partial charge in [0.2, 0.25) is 0 Å². The number of halogens is 1. The molecule has 2 N–H and O–H groups in total. The van der Waals surface area contributed by atoms with Crippen LogP contribution in [-0.4, -0.2) is 18.6 Å². The van der Waals surface area contributed by atoms with Gasteiger partial charge in [-0.2, -0.15) is 0 Å². The van der Waals surface area contributed by atoms with Crippen LogP contribution in [0.3, 0.4) is 0 Å². The van der Waals surface area contributed by atoms with Gasteiger partial charge in [0.05, 0.1) is 6.61 Å². The molecule has 0 fully saturated rings. The molecule has 1 aromatic carbocycles.